The molecule has 0 aliphatic carbocycles. The SMILES string of the molecule is C=CCCn1nccc1CNC(C)C. The molecule has 0 aliphatic heterocycles. The fraction of sp³-hybridized carbons (Fsp3) is 0.545. The van der Waals surface area contributed by atoms with E-state index in [9.17, 15) is 0 Å². The second-order valence-electron chi connectivity index (χ2n) is 3.66. The first-order valence-electron chi connectivity index (χ1n) is 5.09. The summed E-state index contributed by atoms with van der Waals surface area (Å²) in [6, 6.07) is 2.57. The van der Waals surface area contributed by atoms with E-state index in [-0.39, 0.29) is 0 Å². The fourth-order valence-corrected chi connectivity index (χ4v) is 1.23. The van der Waals surface area contributed by atoms with E-state index in [4.69, 9.17) is 0 Å². The van der Waals surface area contributed by atoms with Gasteiger partial charge >= 0.3 is 0 Å². The third-order valence-corrected chi connectivity index (χ3v) is 2.04. The van der Waals surface area contributed by atoms with Crippen LogP contribution in [0.5, 0.6) is 0 Å². The van der Waals surface area contributed by atoms with Crippen molar-refractivity contribution in [3.05, 3.63) is 30.6 Å². The van der Waals surface area contributed by atoms with Crippen LogP contribution in [0.25, 0.3) is 0 Å². The fourth-order valence-electron chi connectivity index (χ4n) is 1.23. The van der Waals surface area contributed by atoms with Gasteiger partial charge in [0.1, 0.15) is 0 Å². The Labute approximate surface area is 85.8 Å². The highest BCUT2D eigenvalue weighted by molar-refractivity contribution is 5.00. The van der Waals surface area contributed by atoms with E-state index in [0.717, 1.165) is 19.5 Å². The van der Waals surface area contributed by atoms with E-state index in [1.165, 1.54) is 5.69 Å². The predicted molar refractivity (Wildman–Crippen MR) is 59.0 cm³/mol. The zero-order chi connectivity index (χ0) is 10.4. The number of aryl methyl sites for hydroxylation is 1. The van der Waals surface area contributed by atoms with Crippen LogP contribution in [0.15, 0.2) is 24.9 Å². The van der Waals surface area contributed by atoms with E-state index in [1.807, 2.05) is 17.0 Å². The Hall–Kier alpha value is -1.09. The summed E-state index contributed by atoms with van der Waals surface area (Å²) in [5.74, 6) is 0. The topological polar surface area (TPSA) is 29.9 Å². The summed E-state index contributed by atoms with van der Waals surface area (Å²) >= 11 is 0. The van der Waals surface area contributed by atoms with E-state index >= 15 is 0 Å². The van der Waals surface area contributed by atoms with Gasteiger partial charge in [-0.25, -0.2) is 0 Å². The molecular formula is C11H19N3. The van der Waals surface area contributed by atoms with Gasteiger partial charge in [0.05, 0.1) is 5.69 Å². The number of rotatable bonds is 6. The van der Waals surface area contributed by atoms with Crippen molar-refractivity contribution in [3.63, 3.8) is 0 Å². The van der Waals surface area contributed by atoms with Crippen molar-refractivity contribution < 1.29 is 0 Å². The van der Waals surface area contributed by atoms with Gasteiger partial charge in [0, 0.05) is 25.3 Å². The van der Waals surface area contributed by atoms with Crippen LogP contribution in [-0.4, -0.2) is 15.8 Å². The maximum absolute atomic E-state index is 4.26. The van der Waals surface area contributed by atoms with E-state index in [0.29, 0.717) is 6.04 Å². The number of nitrogens with one attached hydrogen (secondary N) is 1. The van der Waals surface area contributed by atoms with Gasteiger partial charge in [-0.2, -0.15) is 5.10 Å². The van der Waals surface area contributed by atoms with Crippen molar-refractivity contribution in [1.82, 2.24) is 15.1 Å². The lowest BCUT2D eigenvalue weighted by Crippen LogP contribution is -2.23. The molecule has 0 aliphatic rings. The molecule has 1 N–H and O–H groups in total. The first-order valence-corrected chi connectivity index (χ1v) is 5.09. The van der Waals surface area contributed by atoms with E-state index in [2.05, 4.69) is 36.9 Å². The molecule has 0 aromatic carbocycles. The summed E-state index contributed by atoms with van der Waals surface area (Å²) < 4.78 is 2.02. The summed E-state index contributed by atoms with van der Waals surface area (Å²) in [5, 5.41) is 7.64. The first-order chi connectivity index (χ1) is 6.74. The molecule has 3 heteroatoms. The summed E-state index contributed by atoms with van der Waals surface area (Å²) in [5.41, 5.74) is 1.24. The third-order valence-electron chi connectivity index (χ3n) is 2.04. The smallest absolute Gasteiger partial charge is 0.0522 e. The molecule has 0 saturated heterocycles. The van der Waals surface area contributed by atoms with Gasteiger partial charge < -0.3 is 5.32 Å². The number of nitrogens with zero attached hydrogens (tertiary/aromatic N) is 2. The minimum absolute atomic E-state index is 0.512. The Morgan fingerprint density at radius 3 is 3.07 bits per heavy atom. The van der Waals surface area contributed by atoms with Crippen LogP contribution in [-0.2, 0) is 13.1 Å². The lowest BCUT2D eigenvalue weighted by Gasteiger charge is -2.09. The number of hydrogen-bond acceptors (Lipinski definition) is 2. The monoisotopic (exact) mass is 193 g/mol. The molecule has 0 bridgehead atoms. The van der Waals surface area contributed by atoms with Gasteiger partial charge in [0.15, 0.2) is 0 Å². The van der Waals surface area contributed by atoms with E-state index in [1.54, 1.807) is 0 Å². The summed E-state index contributed by atoms with van der Waals surface area (Å²) in [6.07, 6.45) is 4.73. The molecular weight excluding hydrogens is 174 g/mol. The highest BCUT2D eigenvalue weighted by Crippen LogP contribution is 2.00. The van der Waals surface area contributed by atoms with E-state index < -0.39 is 0 Å². The van der Waals surface area contributed by atoms with Gasteiger partial charge in [-0.3, -0.25) is 4.68 Å². The molecule has 1 heterocycles. The predicted octanol–water partition coefficient (Wildman–Crippen LogP) is 1.96. The molecule has 1 rings (SSSR count). The van der Waals surface area contributed by atoms with Crippen LogP contribution in [0.1, 0.15) is 26.0 Å². The van der Waals surface area contributed by atoms with Gasteiger partial charge in [-0.15, -0.1) is 6.58 Å². The second kappa shape index (κ2) is 5.60. The van der Waals surface area contributed by atoms with Crippen LogP contribution in [0.3, 0.4) is 0 Å². The van der Waals surface area contributed by atoms with Gasteiger partial charge in [-0.1, -0.05) is 19.9 Å². The standard InChI is InChI=1S/C11H19N3/c1-4-5-8-14-11(6-7-13-14)9-12-10(2)3/h4,6-7,10,12H,1,5,8-9H2,2-3H3. The quantitative estimate of drug-likeness (QED) is 0.700. The molecule has 1 aromatic heterocycles. The number of hydrogen-bond donors (Lipinski definition) is 1. The van der Waals surface area contributed by atoms with Crippen molar-refractivity contribution in [2.45, 2.75) is 39.4 Å². The maximum atomic E-state index is 4.26. The lowest BCUT2D eigenvalue weighted by molar-refractivity contribution is 0.530. The molecule has 0 saturated carbocycles. The van der Waals surface area contributed by atoms with Crippen LogP contribution < -0.4 is 5.32 Å². The van der Waals surface area contributed by atoms with Crippen LogP contribution >= 0.6 is 0 Å². The Morgan fingerprint density at radius 2 is 2.43 bits per heavy atom. The second-order valence-corrected chi connectivity index (χ2v) is 3.66. The zero-order valence-electron chi connectivity index (χ0n) is 9.03. The van der Waals surface area contributed by atoms with Crippen molar-refractivity contribution >= 4 is 0 Å². The zero-order valence-corrected chi connectivity index (χ0v) is 9.03. The highest BCUT2D eigenvalue weighted by atomic mass is 15.3. The third kappa shape index (κ3) is 3.34. The molecule has 78 valence electrons. The van der Waals surface area contributed by atoms with Gasteiger partial charge in [-0.05, 0) is 12.5 Å². The van der Waals surface area contributed by atoms with Crippen molar-refractivity contribution in [1.29, 1.82) is 0 Å². The Bertz CT molecular complexity index is 276. The molecule has 0 spiro atoms. The average Bonchev–Trinajstić information content (AvgIpc) is 2.58. The minimum atomic E-state index is 0.512. The molecule has 3 nitrogen and oxygen atoms in total. The van der Waals surface area contributed by atoms with Crippen LogP contribution in [0, 0.1) is 0 Å². The van der Waals surface area contributed by atoms with Gasteiger partial charge in [0.2, 0.25) is 0 Å². The summed E-state index contributed by atoms with van der Waals surface area (Å²) in [7, 11) is 0. The molecule has 0 unspecified atom stereocenters. The molecule has 0 atom stereocenters. The minimum Gasteiger partial charge on any atom is -0.309 e. The van der Waals surface area contributed by atoms with Gasteiger partial charge in [0.25, 0.3) is 0 Å². The van der Waals surface area contributed by atoms with Crippen LogP contribution in [0.2, 0.25) is 0 Å². The lowest BCUT2D eigenvalue weighted by atomic mass is 10.3. The normalized spacial score (nSPS) is 10.8. The first kappa shape index (κ1) is 11.0. The van der Waals surface area contributed by atoms with Crippen molar-refractivity contribution in [2.75, 3.05) is 0 Å². The molecule has 0 amide bonds. The van der Waals surface area contributed by atoms with Crippen molar-refractivity contribution in [2.24, 2.45) is 0 Å². The Kier molecular flexibility index (Phi) is 4.40. The molecule has 0 radical (unpaired) electrons. The summed E-state index contributed by atoms with van der Waals surface area (Å²) in [4.78, 5) is 0. The van der Waals surface area contributed by atoms with Crippen molar-refractivity contribution in [3.8, 4) is 0 Å². The number of aromatic nitrogens is 2. The Morgan fingerprint density at radius 1 is 1.64 bits per heavy atom. The number of allylic oxidation sites excluding steroid dienone is 1. The molecule has 0 fully saturated rings. The summed E-state index contributed by atoms with van der Waals surface area (Å²) in [6.45, 7) is 9.80. The molecule has 1 aromatic rings. The Balaban J connectivity index is 2.49. The highest BCUT2D eigenvalue weighted by Gasteiger charge is 2.01. The maximum Gasteiger partial charge on any atom is 0.0522 e. The van der Waals surface area contributed by atoms with Crippen LogP contribution in [0.4, 0.5) is 0 Å². The average molecular weight is 193 g/mol. The largest absolute Gasteiger partial charge is 0.309 e. The molecule has 14 heavy (non-hydrogen) atoms.